The number of benzene rings is 2. The normalized spacial score (nSPS) is 9.32. The van der Waals surface area contributed by atoms with E-state index in [-0.39, 0.29) is 5.56 Å². The highest BCUT2D eigenvalue weighted by atomic mass is 16.2. The van der Waals surface area contributed by atoms with E-state index in [9.17, 15) is 14.4 Å². The number of carbonyl (C=O) groups is 3. The van der Waals surface area contributed by atoms with Crippen molar-refractivity contribution >= 4 is 23.1 Å². The van der Waals surface area contributed by atoms with Crippen LogP contribution in [0.3, 0.4) is 0 Å². The van der Waals surface area contributed by atoms with E-state index in [0.29, 0.717) is 5.56 Å². The van der Waals surface area contributed by atoms with Gasteiger partial charge in [-0.25, -0.2) is 0 Å². The number of aryl methyl sites for hydroxylation is 1. The van der Waals surface area contributed by atoms with Gasteiger partial charge in [-0.1, -0.05) is 53.9 Å². The second-order valence-corrected chi connectivity index (χ2v) is 5.28. The molecular formula is C20H14N2O3. The highest BCUT2D eigenvalue weighted by Gasteiger charge is 2.31. The highest BCUT2D eigenvalue weighted by molar-refractivity contribution is 6.68. The molecular weight excluding hydrogens is 316 g/mol. The molecule has 0 aliphatic heterocycles. The third-order valence-electron chi connectivity index (χ3n) is 3.33. The van der Waals surface area contributed by atoms with E-state index in [4.69, 9.17) is 5.53 Å². The van der Waals surface area contributed by atoms with Gasteiger partial charge in [0.1, 0.15) is 0 Å². The maximum atomic E-state index is 12.2. The molecule has 0 aliphatic carbocycles. The maximum absolute atomic E-state index is 12.2. The molecule has 2 aromatic carbocycles. The van der Waals surface area contributed by atoms with Crippen molar-refractivity contribution in [3.05, 3.63) is 76.8 Å². The van der Waals surface area contributed by atoms with Crippen molar-refractivity contribution in [3.8, 4) is 11.8 Å². The van der Waals surface area contributed by atoms with Crippen LogP contribution in [-0.4, -0.2) is 27.9 Å². The van der Waals surface area contributed by atoms with Crippen LogP contribution in [0.4, 0.5) is 0 Å². The molecule has 0 atom stereocenters. The van der Waals surface area contributed by atoms with E-state index in [0.717, 1.165) is 5.56 Å². The van der Waals surface area contributed by atoms with Crippen LogP contribution in [0.5, 0.6) is 0 Å². The van der Waals surface area contributed by atoms with Crippen LogP contribution in [0.15, 0.2) is 54.6 Å². The van der Waals surface area contributed by atoms with E-state index in [1.54, 1.807) is 30.3 Å². The largest absolute Gasteiger partial charge is 0.405 e. The van der Waals surface area contributed by atoms with Gasteiger partial charge >= 0.3 is 5.71 Å². The predicted octanol–water partition coefficient (Wildman–Crippen LogP) is 2.43. The smallest absolute Gasteiger partial charge is 0.360 e. The van der Waals surface area contributed by atoms with Crippen molar-refractivity contribution in [1.29, 1.82) is 0 Å². The zero-order chi connectivity index (χ0) is 18.2. The van der Waals surface area contributed by atoms with Gasteiger partial charge in [-0.3, -0.25) is 14.4 Å². The monoisotopic (exact) mass is 330 g/mol. The average molecular weight is 330 g/mol. The molecule has 0 saturated heterocycles. The number of rotatable bonds is 5. The van der Waals surface area contributed by atoms with E-state index in [1.165, 1.54) is 12.1 Å². The average Bonchev–Trinajstić information content (AvgIpc) is 2.62. The Morgan fingerprint density at radius 2 is 1.64 bits per heavy atom. The molecule has 0 heterocycles. The Kier molecular flexibility index (Phi) is 5.89. The third kappa shape index (κ3) is 4.93. The van der Waals surface area contributed by atoms with Gasteiger partial charge in [0.2, 0.25) is 5.78 Å². The molecule has 0 bridgehead atoms. The Balaban J connectivity index is 2.07. The van der Waals surface area contributed by atoms with Crippen LogP contribution in [0.25, 0.3) is 5.53 Å². The lowest BCUT2D eigenvalue weighted by Crippen LogP contribution is -2.27. The summed E-state index contributed by atoms with van der Waals surface area (Å²) in [6.07, 6.45) is -0.628. The lowest BCUT2D eigenvalue weighted by molar-refractivity contribution is -0.122. The molecule has 0 fully saturated rings. The summed E-state index contributed by atoms with van der Waals surface area (Å²) in [7, 11) is 0. The van der Waals surface area contributed by atoms with Crippen molar-refractivity contribution in [2.24, 2.45) is 0 Å². The molecule has 0 amide bonds. The quantitative estimate of drug-likeness (QED) is 0.211. The van der Waals surface area contributed by atoms with Crippen molar-refractivity contribution in [2.75, 3.05) is 0 Å². The summed E-state index contributed by atoms with van der Waals surface area (Å²) in [6.45, 7) is 1.93. The van der Waals surface area contributed by atoms with Gasteiger partial charge in [0.15, 0.2) is 0 Å². The molecule has 0 spiro atoms. The number of Topliss-reactive ketones (excluding diaryl/α,β-unsaturated/α-hetero) is 3. The Labute approximate surface area is 144 Å². The summed E-state index contributed by atoms with van der Waals surface area (Å²) in [4.78, 5) is 38.8. The van der Waals surface area contributed by atoms with Gasteiger partial charge in [-0.05, 0) is 25.0 Å². The minimum Gasteiger partial charge on any atom is -0.360 e. The fourth-order valence-corrected chi connectivity index (χ4v) is 2.01. The van der Waals surface area contributed by atoms with Crippen molar-refractivity contribution in [1.82, 2.24) is 0 Å². The van der Waals surface area contributed by atoms with E-state index in [2.05, 4.69) is 16.6 Å². The number of ketones is 3. The molecule has 2 aromatic rings. The first-order valence-corrected chi connectivity index (χ1v) is 7.48. The zero-order valence-electron chi connectivity index (χ0n) is 13.5. The van der Waals surface area contributed by atoms with Crippen LogP contribution < -0.4 is 0 Å². The zero-order valence-corrected chi connectivity index (χ0v) is 13.5. The maximum Gasteiger partial charge on any atom is 0.405 e. The fourth-order valence-electron chi connectivity index (χ4n) is 2.01. The first kappa shape index (κ1) is 17.7. The predicted molar refractivity (Wildman–Crippen MR) is 92.1 cm³/mol. The van der Waals surface area contributed by atoms with Gasteiger partial charge in [0, 0.05) is 11.1 Å². The Bertz CT molecular complexity index is 926. The second-order valence-electron chi connectivity index (χ2n) is 5.28. The van der Waals surface area contributed by atoms with E-state index in [1.807, 2.05) is 19.1 Å². The van der Waals surface area contributed by atoms with Crippen molar-refractivity contribution in [2.45, 2.75) is 13.3 Å². The van der Waals surface area contributed by atoms with Gasteiger partial charge in [0.25, 0.3) is 11.6 Å². The summed E-state index contributed by atoms with van der Waals surface area (Å²) < 4.78 is 0. The van der Waals surface area contributed by atoms with E-state index < -0.39 is 29.5 Å². The van der Waals surface area contributed by atoms with Crippen molar-refractivity contribution < 1.29 is 19.2 Å². The number of hydrogen-bond acceptors (Lipinski definition) is 3. The van der Waals surface area contributed by atoms with E-state index >= 15 is 0 Å². The van der Waals surface area contributed by atoms with Crippen LogP contribution in [0.2, 0.25) is 0 Å². The summed E-state index contributed by atoms with van der Waals surface area (Å²) in [5, 5.41) is 0. The van der Waals surface area contributed by atoms with Crippen LogP contribution in [-0.2, 0) is 9.59 Å². The van der Waals surface area contributed by atoms with Gasteiger partial charge in [-0.2, -0.15) is 4.79 Å². The van der Waals surface area contributed by atoms with Gasteiger partial charge < -0.3 is 5.53 Å². The summed E-state index contributed by atoms with van der Waals surface area (Å²) in [5.74, 6) is 2.73. The molecule has 25 heavy (non-hydrogen) atoms. The van der Waals surface area contributed by atoms with Crippen LogP contribution in [0.1, 0.15) is 27.9 Å². The van der Waals surface area contributed by atoms with Crippen LogP contribution >= 0.6 is 0 Å². The molecule has 5 heteroatoms. The molecule has 0 aliphatic rings. The molecule has 0 radical (unpaired) electrons. The highest BCUT2D eigenvalue weighted by Crippen LogP contribution is 2.03. The third-order valence-corrected chi connectivity index (χ3v) is 3.33. The van der Waals surface area contributed by atoms with Gasteiger partial charge in [0.05, 0.1) is 6.42 Å². The minimum absolute atomic E-state index is 0.196. The number of nitrogens with zero attached hydrogens (tertiary/aromatic N) is 2. The topological polar surface area (TPSA) is 87.6 Å². The van der Waals surface area contributed by atoms with Gasteiger partial charge in [-0.15, -0.1) is 0 Å². The number of carbonyl (C=O) groups excluding carboxylic acids is 3. The molecule has 0 N–H and O–H groups in total. The minimum atomic E-state index is -0.875. The SMILES string of the molecule is Cc1ccc(C#CC(=O)CC(=O)C(=[N+]=[N-])C(=O)c2ccccc2)cc1. The standard InChI is InChI=1S/C20H14N2O3/c1-14-7-9-15(10-8-14)11-12-17(23)13-18(24)19(22-21)20(25)16-5-3-2-4-6-16/h2-10H,13H2,1H3. The molecule has 122 valence electrons. The summed E-state index contributed by atoms with van der Waals surface area (Å²) in [6, 6.07) is 15.1. The number of hydrogen-bond donors (Lipinski definition) is 0. The molecule has 0 unspecified atom stereocenters. The Morgan fingerprint density at radius 3 is 2.24 bits per heavy atom. The lowest BCUT2D eigenvalue weighted by atomic mass is 10.0. The first-order valence-electron chi connectivity index (χ1n) is 7.48. The molecule has 0 saturated carbocycles. The lowest BCUT2D eigenvalue weighted by Gasteiger charge is -1.95. The van der Waals surface area contributed by atoms with Crippen LogP contribution in [0, 0.1) is 18.8 Å². The molecule has 2 rings (SSSR count). The Morgan fingerprint density at radius 1 is 1.00 bits per heavy atom. The molecule has 0 aromatic heterocycles. The van der Waals surface area contributed by atoms with Crippen molar-refractivity contribution in [3.63, 3.8) is 0 Å². The second kappa shape index (κ2) is 8.30. The Hall–Kier alpha value is -3.61. The molecule has 5 nitrogen and oxygen atoms in total. The first-order chi connectivity index (χ1) is 12.0. The fraction of sp³-hybridized carbons (Fsp3) is 0.100. The summed E-state index contributed by atoms with van der Waals surface area (Å²) in [5.41, 5.74) is 10.2. The summed E-state index contributed by atoms with van der Waals surface area (Å²) >= 11 is 0.